The molecule has 19 heavy (non-hydrogen) atoms. The van der Waals surface area contributed by atoms with Crippen LogP contribution in [0.5, 0.6) is 5.75 Å². The van der Waals surface area contributed by atoms with E-state index in [1.165, 1.54) is 20.3 Å². The molecule has 5 nitrogen and oxygen atoms in total. The smallest absolute Gasteiger partial charge is 0.240 e. The van der Waals surface area contributed by atoms with E-state index in [4.69, 9.17) is 21.1 Å². The highest BCUT2D eigenvalue weighted by Gasteiger charge is 2.18. The van der Waals surface area contributed by atoms with Crippen LogP contribution in [0.1, 0.15) is 5.56 Å². The van der Waals surface area contributed by atoms with Crippen molar-refractivity contribution in [1.82, 2.24) is 4.72 Å². The van der Waals surface area contributed by atoms with Crippen LogP contribution in [-0.2, 0) is 21.2 Å². The van der Waals surface area contributed by atoms with Gasteiger partial charge >= 0.3 is 0 Å². The minimum atomic E-state index is -3.55. The lowest BCUT2D eigenvalue weighted by Crippen LogP contribution is -2.28. The van der Waals surface area contributed by atoms with Crippen molar-refractivity contribution in [3.05, 3.63) is 23.8 Å². The van der Waals surface area contributed by atoms with Crippen molar-refractivity contribution in [2.75, 3.05) is 33.3 Å². The van der Waals surface area contributed by atoms with Crippen molar-refractivity contribution < 1.29 is 17.9 Å². The summed E-state index contributed by atoms with van der Waals surface area (Å²) in [5.41, 5.74) is 0.638. The molecule has 0 unspecified atom stereocenters. The Labute approximate surface area is 118 Å². The van der Waals surface area contributed by atoms with Crippen molar-refractivity contribution in [2.24, 2.45) is 0 Å². The number of methoxy groups -OCH3 is 2. The lowest BCUT2D eigenvalue weighted by molar-refractivity contribution is 0.204. The summed E-state index contributed by atoms with van der Waals surface area (Å²) < 4.78 is 36.7. The molecule has 0 aromatic heterocycles. The van der Waals surface area contributed by atoms with Crippen LogP contribution in [-0.4, -0.2) is 41.7 Å². The zero-order chi connectivity index (χ0) is 14.3. The molecular weight excluding hydrogens is 290 g/mol. The molecule has 7 heteroatoms. The van der Waals surface area contributed by atoms with Gasteiger partial charge in [-0.1, -0.05) is 0 Å². The molecule has 0 atom stereocenters. The predicted molar refractivity (Wildman–Crippen MR) is 74.5 cm³/mol. The fraction of sp³-hybridized carbons (Fsp3) is 0.500. The van der Waals surface area contributed by atoms with E-state index in [0.717, 1.165) is 0 Å². The highest BCUT2D eigenvalue weighted by molar-refractivity contribution is 7.89. The summed E-state index contributed by atoms with van der Waals surface area (Å²) >= 11 is 5.70. The first-order chi connectivity index (χ1) is 9.05. The molecule has 1 aromatic carbocycles. The molecule has 0 aliphatic rings. The minimum Gasteiger partial charge on any atom is -0.497 e. The van der Waals surface area contributed by atoms with Gasteiger partial charge in [0.2, 0.25) is 10.0 Å². The first-order valence-electron chi connectivity index (χ1n) is 5.76. The molecule has 1 aromatic rings. The Balaban J connectivity index is 3.03. The standard InChI is InChI=1S/C12H18ClNO4S/c1-17-8-7-14-19(15,16)12-4-3-11(18-2)9-10(12)5-6-13/h3-4,9,14H,5-8H2,1-2H3. The maximum Gasteiger partial charge on any atom is 0.240 e. The number of alkyl halides is 1. The number of hydrogen-bond donors (Lipinski definition) is 1. The fourth-order valence-electron chi connectivity index (χ4n) is 1.60. The molecule has 0 aliphatic carbocycles. The van der Waals surface area contributed by atoms with Gasteiger partial charge in [0.25, 0.3) is 0 Å². The van der Waals surface area contributed by atoms with Gasteiger partial charge in [-0.2, -0.15) is 0 Å². The van der Waals surface area contributed by atoms with Crippen LogP contribution in [0.4, 0.5) is 0 Å². The van der Waals surface area contributed by atoms with Crippen LogP contribution < -0.4 is 9.46 Å². The van der Waals surface area contributed by atoms with Crippen LogP contribution in [0, 0.1) is 0 Å². The van der Waals surface area contributed by atoms with Gasteiger partial charge in [0, 0.05) is 19.5 Å². The van der Waals surface area contributed by atoms with Crippen LogP contribution in [0.3, 0.4) is 0 Å². The third kappa shape index (κ3) is 4.65. The van der Waals surface area contributed by atoms with E-state index in [2.05, 4.69) is 4.72 Å². The Morgan fingerprint density at radius 1 is 1.32 bits per heavy atom. The highest BCUT2D eigenvalue weighted by atomic mass is 35.5. The van der Waals surface area contributed by atoms with Gasteiger partial charge in [-0.3, -0.25) is 0 Å². The van der Waals surface area contributed by atoms with E-state index in [1.807, 2.05) is 0 Å². The van der Waals surface area contributed by atoms with Gasteiger partial charge in [0.05, 0.1) is 18.6 Å². The van der Waals surface area contributed by atoms with Gasteiger partial charge in [0.1, 0.15) is 5.75 Å². The monoisotopic (exact) mass is 307 g/mol. The molecule has 0 spiro atoms. The van der Waals surface area contributed by atoms with Crippen LogP contribution in [0.2, 0.25) is 0 Å². The summed E-state index contributed by atoms with van der Waals surface area (Å²) in [6.45, 7) is 0.547. The van der Waals surface area contributed by atoms with E-state index in [1.54, 1.807) is 12.1 Å². The lowest BCUT2D eigenvalue weighted by atomic mass is 10.1. The van der Waals surface area contributed by atoms with E-state index < -0.39 is 10.0 Å². The average Bonchev–Trinajstić information content (AvgIpc) is 2.39. The maximum absolute atomic E-state index is 12.2. The van der Waals surface area contributed by atoms with Crippen LogP contribution in [0.15, 0.2) is 23.1 Å². The largest absolute Gasteiger partial charge is 0.497 e. The van der Waals surface area contributed by atoms with Gasteiger partial charge in [0.15, 0.2) is 0 Å². The second-order valence-corrected chi connectivity index (χ2v) is 5.92. The van der Waals surface area contributed by atoms with Gasteiger partial charge < -0.3 is 9.47 Å². The summed E-state index contributed by atoms with van der Waals surface area (Å²) in [5, 5.41) is 0. The summed E-state index contributed by atoms with van der Waals surface area (Å²) in [5.74, 6) is 0.948. The third-order valence-corrected chi connectivity index (χ3v) is 4.27. The Morgan fingerprint density at radius 3 is 2.63 bits per heavy atom. The summed E-state index contributed by atoms with van der Waals surface area (Å²) in [6.07, 6.45) is 0.458. The molecule has 0 fully saturated rings. The van der Waals surface area contributed by atoms with Crippen LogP contribution >= 0.6 is 11.6 Å². The molecule has 0 heterocycles. The molecule has 0 saturated carbocycles. The highest BCUT2D eigenvalue weighted by Crippen LogP contribution is 2.22. The van der Waals surface area contributed by atoms with Crippen molar-refractivity contribution in [3.8, 4) is 5.75 Å². The van der Waals surface area contributed by atoms with Crippen molar-refractivity contribution >= 4 is 21.6 Å². The molecule has 1 rings (SSSR count). The van der Waals surface area contributed by atoms with E-state index in [-0.39, 0.29) is 11.4 Å². The molecule has 0 saturated heterocycles. The van der Waals surface area contributed by atoms with Crippen molar-refractivity contribution in [1.29, 1.82) is 0 Å². The fourth-order valence-corrected chi connectivity index (χ4v) is 3.06. The zero-order valence-corrected chi connectivity index (χ0v) is 12.6. The molecule has 0 radical (unpaired) electrons. The molecule has 108 valence electrons. The Morgan fingerprint density at radius 2 is 2.05 bits per heavy atom. The number of nitrogens with one attached hydrogen (secondary N) is 1. The number of rotatable bonds is 8. The SMILES string of the molecule is COCCNS(=O)(=O)c1ccc(OC)cc1CCCl. The van der Waals surface area contributed by atoms with E-state index >= 15 is 0 Å². The maximum atomic E-state index is 12.2. The number of aryl methyl sites for hydroxylation is 1. The summed E-state index contributed by atoms with van der Waals surface area (Å²) in [7, 11) is -0.507. The quantitative estimate of drug-likeness (QED) is 0.582. The van der Waals surface area contributed by atoms with Gasteiger partial charge in [-0.15, -0.1) is 11.6 Å². The number of benzene rings is 1. The number of sulfonamides is 1. The third-order valence-electron chi connectivity index (χ3n) is 2.52. The molecule has 0 bridgehead atoms. The predicted octanol–water partition coefficient (Wildman–Crippen LogP) is 1.40. The second kappa shape index (κ2) is 7.69. The van der Waals surface area contributed by atoms with Crippen molar-refractivity contribution in [3.63, 3.8) is 0 Å². The summed E-state index contributed by atoms with van der Waals surface area (Å²) in [4.78, 5) is 0.227. The second-order valence-electron chi connectivity index (χ2n) is 3.80. The first-order valence-corrected chi connectivity index (χ1v) is 7.78. The Hall–Kier alpha value is -0.820. The molecule has 1 N–H and O–H groups in total. The van der Waals surface area contributed by atoms with Gasteiger partial charge in [-0.05, 0) is 30.2 Å². The number of hydrogen-bond acceptors (Lipinski definition) is 4. The number of ether oxygens (including phenoxy) is 2. The van der Waals surface area contributed by atoms with E-state index in [0.29, 0.717) is 30.2 Å². The molecule has 0 amide bonds. The normalized spacial score (nSPS) is 11.5. The first kappa shape index (κ1) is 16.2. The van der Waals surface area contributed by atoms with Crippen molar-refractivity contribution in [2.45, 2.75) is 11.3 Å². The average molecular weight is 308 g/mol. The Kier molecular flexibility index (Phi) is 6.57. The topological polar surface area (TPSA) is 64.6 Å². The van der Waals surface area contributed by atoms with E-state index in [9.17, 15) is 8.42 Å². The lowest BCUT2D eigenvalue weighted by Gasteiger charge is -2.12. The van der Waals surface area contributed by atoms with Crippen LogP contribution in [0.25, 0.3) is 0 Å². The summed E-state index contributed by atoms with van der Waals surface area (Å²) in [6, 6.07) is 4.83. The van der Waals surface area contributed by atoms with Gasteiger partial charge in [-0.25, -0.2) is 13.1 Å². The Bertz CT molecular complexity index is 504. The minimum absolute atomic E-state index is 0.227. The molecule has 0 aliphatic heterocycles. The zero-order valence-electron chi connectivity index (χ0n) is 11.0. The number of halogens is 1. The molecular formula is C12H18ClNO4S.